The molecule has 0 amide bonds. The van der Waals surface area contributed by atoms with Crippen molar-refractivity contribution in [3.8, 4) is 0 Å². The molecule has 1 fully saturated rings. The van der Waals surface area contributed by atoms with E-state index < -0.39 is 5.97 Å². The molecular formula is C8H15NO2. The quantitative estimate of drug-likeness (QED) is 0.638. The molecule has 3 N–H and O–H groups in total. The Balaban J connectivity index is 2.34. The van der Waals surface area contributed by atoms with E-state index in [-0.39, 0.29) is 17.9 Å². The minimum atomic E-state index is -0.791. The fourth-order valence-electron chi connectivity index (χ4n) is 1.58. The van der Waals surface area contributed by atoms with Gasteiger partial charge in [-0.1, -0.05) is 13.8 Å². The van der Waals surface area contributed by atoms with Crippen molar-refractivity contribution in [3.05, 3.63) is 0 Å². The molecule has 0 spiro atoms. The van der Waals surface area contributed by atoms with Crippen molar-refractivity contribution in [3.63, 3.8) is 0 Å². The molecule has 1 rings (SSSR count). The Labute approximate surface area is 66.6 Å². The second kappa shape index (κ2) is 2.48. The highest BCUT2D eigenvalue weighted by Gasteiger charge is 2.49. The van der Waals surface area contributed by atoms with Gasteiger partial charge in [0.2, 0.25) is 0 Å². The standard InChI is InChI=1S/C8H15NO2/c1-8(2)4-5(8)6(9)3-7(10)11/h5-6H,3-4,9H2,1-2H3,(H,10,11)/t5?,6-/m1/s1. The van der Waals surface area contributed by atoms with E-state index in [2.05, 4.69) is 13.8 Å². The SMILES string of the molecule is CC1(C)CC1[C@H](N)CC(=O)O. The number of hydrogen-bond acceptors (Lipinski definition) is 2. The fraction of sp³-hybridized carbons (Fsp3) is 0.875. The Hall–Kier alpha value is -0.570. The van der Waals surface area contributed by atoms with E-state index in [0.717, 1.165) is 6.42 Å². The Morgan fingerprint density at radius 3 is 2.55 bits per heavy atom. The second-order valence-corrected chi connectivity index (χ2v) is 4.06. The van der Waals surface area contributed by atoms with Gasteiger partial charge >= 0.3 is 5.97 Å². The normalized spacial score (nSPS) is 29.5. The predicted octanol–water partition coefficient (Wildman–Crippen LogP) is 0.835. The molecule has 0 aromatic carbocycles. The summed E-state index contributed by atoms with van der Waals surface area (Å²) in [6.07, 6.45) is 1.18. The van der Waals surface area contributed by atoms with E-state index in [0.29, 0.717) is 5.92 Å². The summed E-state index contributed by atoms with van der Waals surface area (Å²) in [5, 5.41) is 8.45. The third-order valence-electron chi connectivity index (χ3n) is 2.52. The molecule has 0 bridgehead atoms. The van der Waals surface area contributed by atoms with Crippen LogP contribution in [0.3, 0.4) is 0 Å². The number of rotatable bonds is 3. The zero-order chi connectivity index (χ0) is 8.65. The maximum Gasteiger partial charge on any atom is 0.304 e. The maximum atomic E-state index is 10.3. The van der Waals surface area contributed by atoms with Crippen LogP contribution in [0.1, 0.15) is 26.7 Å². The summed E-state index contributed by atoms with van der Waals surface area (Å²) in [6, 6.07) is -0.150. The van der Waals surface area contributed by atoms with E-state index >= 15 is 0 Å². The first-order valence-corrected chi connectivity index (χ1v) is 3.91. The first-order chi connectivity index (χ1) is 4.93. The molecule has 0 heterocycles. The molecule has 3 heteroatoms. The van der Waals surface area contributed by atoms with Gasteiger partial charge in [0.25, 0.3) is 0 Å². The summed E-state index contributed by atoms with van der Waals surface area (Å²) in [4.78, 5) is 10.3. The molecule has 64 valence electrons. The van der Waals surface area contributed by atoms with Gasteiger partial charge in [-0.2, -0.15) is 0 Å². The Bertz CT molecular complexity index is 177. The van der Waals surface area contributed by atoms with Crippen LogP contribution in [-0.2, 0) is 4.79 Å². The van der Waals surface area contributed by atoms with Crippen LogP contribution < -0.4 is 5.73 Å². The van der Waals surface area contributed by atoms with E-state index in [1.54, 1.807) is 0 Å². The summed E-state index contributed by atoms with van der Waals surface area (Å²) in [7, 11) is 0. The van der Waals surface area contributed by atoms with Crippen molar-refractivity contribution in [2.24, 2.45) is 17.1 Å². The number of carboxylic acid groups (broad SMARTS) is 1. The Kier molecular flexibility index (Phi) is 1.92. The summed E-state index contributed by atoms with van der Waals surface area (Å²) in [6.45, 7) is 4.25. The molecule has 0 aromatic rings. The van der Waals surface area contributed by atoms with Gasteiger partial charge in [0, 0.05) is 6.04 Å². The van der Waals surface area contributed by atoms with Gasteiger partial charge < -0.3 is 10.8 Å². The van der Waals surface area contributed by atoms with Crippen LogP contribution in [0.25, 0.3) is 0 Å². The molecule has 0 saturated heterocycles. The van der Waals surface area contributed by atoms with Crippen LogP contribution in [0.5, 0.6) is 0 Å². The molecular weight excluding hydrogens is 142 g/mol. The fourth-order valence-corrected chi connectivity index (χ4v) is 1.58. The Morgan fingerprint density at radius 1 is 1.82 bits per heavy atom. The topological polar surface area (TPSA) is 63.3 Å². The molecule has 1 aliphatic rings. The van der Waals surface area contributed by atoms with Crippen molar-refractivity contribution in [1.82, 2.24) is 0 Å². The van der Waals surface area contributed by atoms with E-state index in [4.69, 9.17) is 10.8 Å². The van der Waals surface area contributed by atoms with Crippen LogP contribution in [-0.4, -0.2) is 17.1 Å². The average molecular weight is 157 g/mol. The minimum absolute atomic E-state index is 0.105. The monoisotopic (exact) mass is 157 g/mol. The third kappa shape index (κ3) is 1.93. The molecule has 0 radical (unpaired) electrons. The lowest BCUT2D eigenvalue weighted by molar-refractivity contribution is -0.137. The minimum Gasteiger partial charge on any atom is -0.481 e. The number of aliphatic carboxylic acids is 1. The van der Waals surface area contributed by atoms with Crippen molar-refractivity contribution in [2.75, 3.05) is 0 Å². The van der Waals surface area contributed by atoms with Gasteiger partial charge in [0.15, 0.2) is 0 Å². The van der Waals surface area contributed by atoms with Crippen molar-refractivity contribution in [1.29, 1.82) is 0 Å². The highest BCUT2D eigenvalue weighted by atomic mass is 16.4. The first-order valence-electron chi connectivity index (χ1n) is 3.91. The lowest BCUT2D eigenvalue weighted by Gasteiger charge is -2.09. The zero-order valence-corrected chi connectivity index (χ0v) is 7.00. The molecule has 3 nitrogen and oxygen atoms in total. The smallest absolute Gasteiger partial charge is 0.304 e. The van der Waals surface area contributed by atoms with Crippen molar-refractivity contribution >= 4 is 5.97 Å². The first kappa shape index (κ1) is 8.53. The number of nitrogens with two attached hydrogens (primary N) is 1. The number of hydrogen-bond donors (Lipinski definition) is 2. The highest BCUT2D eigenvalue weighted by Crippen LogP contribution is 2.53. The molecule has 1 saturated carbocycles. The van der Waals surface area contributed by atoms with Gasteiger partial charge in [-0.05, 0) is 17.8 Å². The highest BCUT2D eigenvalue weighted by molar-refractivity contribution is 5.67. The lowest BCUT2D eigenvalue weighted by atomic mass is 10.0. The van der Waals surface area contributed by atoms with Gasteiger partial charge in [-0.25, -0.2) is 0 Å². The molecule has 1 aliphatic carbocycles. The Morgan fingerprint density at radius 2 is 2.27 bits per heavy atom. The maximum absolute atomic E-state index is 10.3. The molecule has 0 aromatic heterocycles. The summed E-state index contributed by atoms with van der Waals surface area (Å²) in [5.41, 5.74) is 5.96. The van der Waals surface area contributed by atoms with E-state index in [1.807, 2.05) is 0 Å². The van der Waals surface area contributed by atoms with Crippen LogP contribution >= 0.6 is 0 Å². The van der Waals surface area contributed by atoms with Gasteiger partial charge in [0.05, 0.1) is 6.42 Å². The second-order valence-electron chi connectivity index (χ2n) is 4.06. The predicted molar refractivity (Wildman–Crippen MR) is 42.1 cm³/mol. The third-order valence-corrected chi connectivity index (χ3v) is 2.52. The number of carboxylic acids is 1. The lowest BCUT2D eigenvalue weighted by Crippen LogP contribution is -2.27. The largest absolute Gasteiger partial charge is 0.481 e. The average Bonchev–Trinajstić information content (AvgIpc) is 2.38. The molecule has 1 unspecified atom stereocenters. The summed E-state index contributed by atoms with van der Waals surface area (Å²) < 4.78 is 0. The van der Waals surface area contributed by atoms with Gasteiger partial charge in [-0.3, -0.25) is 4.79 Å². The van der Waals surface area contributed by atoms with Crippen molar-refractivity contribution in [2.45, 2.75) is 32.7 Å². The van der Waals surface area contributed by atoms with Crippen LogP contribution in [0.15, 0.2) is 0 Å². The molecule has 11 heavy (non-hydrogen) atoms. The summed E-state index contributed by atoms with van der Waals surface area (Å²) in [5.74, 6) is -0.376. The number of carbonyl (C=O) groups is 1. The van der Waals surface area contributed by atoms with Crippen LogP contribution in [0, 0.1) is 11.3 Å². The van der Waals surface area contributed by atoms with E-state index in [9.17, 15) is 4.79 Å². The van der Waals surface area contributed by atoms with Crippen LogP contribution in [0.2, 0.25) is 0 Å². The molecule has 0 aliphatic heterocycles. The van der Waals surface area contributed by atoms with Gasteiger partial charge in [-0.15, -0.1) is 0 Å². The summed E-state index contributed by atoms with van der Waals surface area (Å²) >= 11 is 0. The van der Waals surface area contributed by atoms with Gasteiger partial charge in [0.1, 0.15) is 0 Å². The van der Waals surface area contributed by atoms with E-state index in [1.165, 1.54) is 0 Å². The zero-order valence-electron chi connectivity index (χ0n) is 7.00. The van der Waals surface area contributed by atoms with Crippen LogP contribution in [0.4, 0.5) is 0 Å². The van der Waals surface area contributed by atoms with Crippen molar-refractivity contribution < 1.29 is 9.90 Å². The molecule has 2 atom stereocenters.